The molecular weight excluding hydrogens is 228 g/mol. The second-order valence-electron chi connectivity index (χ2n) is 4.70. The highest BCUT2D eigenvalue weighted by Crippen LogP contribution is 2.54. The van der Waals surface area contributed by atoms with E-state index in [4.69, 9.17) is 4.74 Å². The number of para-hydroxylation sites is 1. The Labute approximate surface area is 105 Å². The molecule has 1 saturated carbocycles. The smallest absolute Gasteiger partial charge is 0.335 e. The van der Waals surface area contributed by atoms with Crippen molar-refractivity contribution in [3.8, 4) is 5.75 Å². The van der Waals surface area contributed by atoms with Crippen LogP contribution >= 0.6 is 0 Å². The molecule has 0 bridgehead atoms. The van der Waals surface area contributed by atoms with E-state index >= 15 is 0 Å². The van der Waals surface area contributed by atoms with Crippen LogP contribution in [0.15, 0.2) is 42.0 Å². The van der Waals surface area contributed by atoms with Crippen LogP contribution in [-0.2, 0) is 4.79 Å². The molecule has 2 aliphatic rings. The summed E-state index contributed by atoms with van der Waals surface area (Å²) in [5.74, 6) is 0.732. The van der Waals surface area contributed by atoms with Crippen LogP contribution in [0, 0.1) is 11.8 Å². The van der Waals surface area contributed by atoms with Gasteiger partial charge in [0.25, 0.3) is 0 Å². The quantitative estimate of drug-likeness (QED) is 0.886. The first-order valence-corrected chi connectivity index (χ1v) is 6.01. The first-order chi connectivity index (χ1) is 8.72. The minimum atomic E-state index is -0.863. The first kappa shape index (κ1) is 11.1. The molecule has 0 heterocycles. The number of carboxylic acids is 1. The lowest BCUT2D eigenvalue weighted by Gasteiger charge is -2.16. The van der Waals surface area contributed by atoms with Gasteiger partial charge in [0.1, 0.15) is 5.75 Å². The Kier molecular flexibility index (Phi) is 2.47. The molecule has 92 valence electrons. The van der Waals surface area contributed by atoms with Crippen molar-refractivity contribution in [1.29, 1.82) is 0 Å². The van der Waals surface area contributed by atoms with E-state index in [9.17, 15) is 9.90 Å². The SMILES string of the molecule is COc1ccccc1C1=C(C(=O)O)C=C[C@@H]2CC12. The molecule has 1 N–H and O–H groups in total. The monoisotopic (exact) mass is 242 g/mol. The summed E-state index contributed by atoms with van der Waals surface area (Å²) in [6, 6.07) is 7.62. The normalized spacial score (nSPS) is 24.7. The fraction of sp³-hybridized carbons (Fsp3) is 0.267. The number of methoxy groups -OCH3 is 1. The zero-order valence-corrected chi connectivity index (χ0v) is 10.1. The van der Waals surface area contributed by atoms with E-state index in [2.05, 4.69) is 0 Å². The van der Waals surface area contributed by atoms with Crippen LogP contribution in [-0.4, -0.2) is 18.2 Å². The fourth-order valence-electron chi connectivity index (χ4n) is 2.67. The Hall–Kier alpha value is -2.03. The molecule has 3 heteroatoms. The van der Waals surface area contributed by atoms with E-state index in [1.165, 1.54) is 0 Å². The summed E-state index contributed by atoms with van der Waals surface area (Å²) in [7, 11) is 1.61. The van der Waals surface area contributed by atoms with Gasteiger partial charge in [-0.15, -0.1) is 0 Å². The van der Waals surface area contributed by atoms with Crippen molar-refractivity contribution >= 4 is 11.5 Å². The van der Waals surface area contributed by atoms with Gasteiger partial charge in [-0.05, 0) is 29.9 Å². The van der Waals surface area contributed by atoms with Crippen molar-refractivity contribution < 1.29 is 14.6 Å². The Bertz CT molecular complexity index is 569. The van der Waals surface area contributed by atoms with Gasteiger partial charge in [-0.1, -0.05) is 30.4 Å². The zero-order chi connectivity index (χ0) is 12.7. The standard InChI is InChI=1S/C15H14O3/c1-18-13-5-3-2-4-10(13)14-11(15(16)17)7-6-9-8-12(9)14/h2-7,9,12H,8H2,1H3,(H,16,17)/t9-,12?/m1/s1. The van der Waals surface area contributed by atoms with Crippen molar-refractivity contribution in [2.45, 2.75) is 6.42 Å². The molecule has 0 saturated heterocycles. The second kappa shape index (κ2) is 4.02. The number of hydrogen-bond donors (Lipinski definition) is 1. The predicted octanol–water partition coefficient (Wildman–Crippen LogP) is 2.74. The summed E-state index contributed by atoms with van der Waals surface area (Å²) in [5.41, 5.74) is 2.24. The summed E-state index contributed by atoms with van der Waals surface area (Å²) >= 11 is 0. The number of aliphatic carboxylic acids is 1. The van der Waals surface area contributed by atoms with Crippen molar-refractivity contribution in [1.82, 2.24) is 0 Å². The summed E-state index contributed by atoms with van der Waals surface area (Å²) in [5, 5.41) is 9.32. The maximum Gasteiger partial charge on any atom is 0.335 e. The molecule has 0 amide bonds. The number of carbonyl (C=O) groups is 1. The Balaban J connectivity index is 2.18. The number of allylic oxidation sites excluding steroid dienone is 2. The molecule has 1 aromatic rings. The third-order valence-corrected chi connectivity index (χ3v) is 3.64. The molecule has 0 aromatic heterocycles. The number of rotatable bonds is 3. The predicted molar refractivity (Wildman–Crippen MR) is 68.3 cm³/mol. The van der Waals surface area contributed by atoms with Gasteiger partial charge in [-0.2, -0.15) is 0 Å². The van der Waals surface area contributed by atoms with Gasteiger partial charge in [-0.3, -0.25) is 0 Å². The van der Waals surface area contributed by atoms with Gasteiger partial charge in [-0.25, -0.2) is 4.79 Å². The second-order valence-corrected chi connectivity index (χ2v) is 4.70. The fourth-order valence-corrected chi connectivity index (χ4v) is 2.67. The highest BCUT2D eigenvalue weighted by molar-refractivity contribution is 6.01. The molecular formula is C15H14O3. The number of benzene rings is 1. The lowest BCUT2D eigenvalue weighted by Crippen LogP contribution is -2.07. The Morgan fingerprint density at radius 1 is 1.39 bits per heavy atom. The highest BCUT2D eigenvalue weighted by Gasteiger charge is 2.43. The molecule has 1 fully saturated rings. The average Bonchev–Trinajstić information content (AvgIpc) is 3.16. The third-order valence-electron chi connectivity index (χ3n) is 3.64. The average molecular weight is 242 g/mol. The van der Waals surface area contributed by atoms with E-state index in [1.807, 2.05) is 30.3 Å². The molecule has 0 aliphatic heterocycles. The molecule has 3 rings (SSSR count). The number of ether oxygens (including phenoxy) is 1. The molecule has 0 radical (unpaired) electrons. The molecule has 2 atom stereocenters. The van der Waals surface area contributed by atoms with Crippen molar-refractivity contribution in [2.24, 2.45) is 11.8 Å². The molecule has 18 heavy (non-hydrogen) atoms. The van der Waals surface area contributed by atoms with Crippen molar-refractivity contribution in [3.05, 3.63) is 47.6 Å². The van der Waals surface area contributed by atoms with Gasteiger partial charge >= 0.3 is 5.97 Å². The van der Waals surface area contributed by atoms with Crippen LogP contribution in [0.4, 0.5) is 0 Å². The number of carboxylic acid groups (broad SMARTS) is 1. The molecule has 1 unspecified atom stereocenters. The van der Waals surface area contributed by atoms with Crippen LogP contribution in [0.2, 0.25) is 0 Å². The summed E-state index contributed by atoms with van der Waals surface area (Å²) < 4.78 is 5.34. The van der Waals surface area contributed by atoms with Gasteiger partial charge in [0.2, 0.25) is 0 Å². The zero-order valence-electron chi connectivity index (χ0n) is 10.1. The van der Waals surface area contributed by atoms with Gasteiger partial charge in [0, 0.05) is 5.56 Å². The largest absolute Gasteiger partial charge is 0.496 e. The maximum absolute atomic E-state index is 11.4. The molecule has 0 spiro atoms. The van der Waals surface area contributed by atoms with Crippen LogP contribution in [0.3, 0.4) is 0 Å². The first-order valence-electron chi connectivity index (χ1n) is 6.01. The summed E-state index contributed by atoms with van der Waals surface area (Å²) in [6.07, 6.45) is 4.78. The lowest BCUT2D eigenvalue weighted by atomic mass is 9.90. The third kappa shape index (κ3) is 1.63. The summed E-state index contributed by atoms with van der Waals surface area (Å²) in [4.78, 5) is 11.4. The molecule has 1 aromatic carbocycles. The lowest BCUT2D eigenvalue weighted by molar-refractivity contribution is -0.132. The van der Waals surface area contributed by atoms with Crippen LogP contribution in [0.1, 0.15) is 12.0 Å². The Morgan fingerprint density at radius 2 is 2.17 bits per heavy atom. The summed E-state index contributed by atoms with van der Waals surface area (Å²) in [6.45, 7) is 0. The number of hydrogen-bond acceptors (Lipinski definition) is 2. The van der Waals surface area contributed by atoms with Crippen LogP contribution in [0.5, 0.6) is 5.75 Å². The minimum Gasteiger partial charge on any atom is -0.496 e. The molecule has 3 nitrogen and oxygen atoms in total. The van der Waals surface area contributed by atoms with E-state index in [1.54, 1.807) is 13.2 Å². The van der Waals surface area contributed by atoms with Crippen molar-refractivity contribution in [2.75, 3.05) is 7.11 Å². The maximum atomic E-state index is 11.4. The van der Waals surface area contributed by atoms with Gasteiger partial charge in [0.15, 0.2) is 0 Å². The highest BCUT2D eigenvalue weighted by atomic mass is 16.5. The van der Waals surface area contributed by atoms with Gasteiger partial charge < -0.3 is 9.84 Å². The van der Waals surface area contributed by atoms with E-state index < -0.39 is 5.97 Å². The van der Waals surface area contributed by atoms with Crippen LogP contribution in [0.25, 0.3) is 5.57 Å². The van der Waals surface area contributed by atoms with Crippen LogP contribution < -0.4 is 4.74 Å². The molecule has 2 aliphatic carbocycles. The van der Waals surface area contributed by atoms with Crippen molar-refractivity contribution in [3.63, 3.8) is 0 Å². The Morgan fingerprint density at radius 3 is 2.89 bits per heavy atom. The minimum absolute atomic E-state index is 0.345. The topological polar surface area (TPSA) is 46.5 Å². The van der Waals surface area contributed by atoms with E-state index in [0.717, 1.165) is 23.3 Å². The van der Waals surface area contributed by atoms with E-state index in [0.29, 0.717) is 17.4 Å². The number of fused-ring (bicyclic) bond motifs is 1. The van der Waals surface area contributed by atoms with Gasteiger partial charge in [0.05, 0.1) is 12.7 Å². The van der Waals surface area contributed by atoms with E-state index in [-0.39, 0.29) is 0 Å².